The van der Waals surface area contributed by atoms with Crippen LogP contribution < -0.4 is 0 Å². The number of rotatable bonds is 6. The van der Waals surface area contributed by atoms with Crippen molar-refractivity contribution in [1.82, 2.24) is 0 Å². The Morgan fingerprint density at radius 3 is 2.21 bits per heavy atom. The molecule has 0 unspecified atom stereocenters. The number of benzene rings is 1. The Kier molecular flexibility index (Phi) is 5.63. The Labute approximate surface area is 125 Å². The van der Waals surface area contributed by atoms with Crippen LogP contribution in [-0.2, 0) is 9.84 Å². The predicted molar refractivity (Wildman–Crippen MR) is 84.8 cm³/mol. The maximum atomic E-state index is 12.7. The number of hydrogen-bond acceptors (Lipinski definition) is 2. The van der Waals surface area contributed by atoms with Gasteiger partial charge in [0.2, 0.25) is 0 Å². The van der Waals surface area contributed by atoms with Gasteiger partial charge in [-0.3, -0.25) is 0 Å². The highest BCUT2D eigenvalue weighted by Crippen LogP contribution is 2.33. The van der Waals surface area contributed by atoms with Crippen molar-refractivity contribution in [3.8, 4) is 0 Å². The normalized spacial score (nSPS) is 12.7. The summed E-state index contributed by atoms with van der Waals surface area (Å²) >= 11 is 3.49. The molecule has 1 aromatic carbocycles. The average molecular weight is 347 g/mol. The molecule has 0 aliphatic heterocycles. The van der Waals surface area contributed by atoms with E-state index in [1.165, 1.54) is 0 Å². The second kappa shape index (κ2) is 6.40. The summed E-state index contributed by atoms with van der Waals surface area (Å²) in [6.45, 7) is 7.91. The summed E-state index contributed by atoms with van der Waals surface area (Å²) in [4.78, 5) is 0.486. The Bertz CT molecular complexity index is 523. The van der Waals surface area contributed by atoms with Gasteiger partial charge in [0.25, 0.3) is 0 Å². The maximum absolute atomic E-state index is 12.7. The molecular weight excluding hydrogens is 324 g/mol. The van der Waals surface area contributed by atoms with E-state index in [1.807, 2.05) is 26.0 Å². The van der Waals surface area contributed by atoms with Gasteiger partial charge in [-0.15, -0.1) is 0 Å². The molecule has 0 saturated carbocycles. The van der Waals surface area contributed by atoms with E-state index in [-0.39, 0.29) is 11.2 Å². The van der Waals surface area contributed by atoms with E-state index in [9.17, 15) is 8.42 Å². The van der Waals surface area contributed by atoms with Crippen molar-refractivity contribution in [1.29, 1.82) is 0 Å². The fourth-order valence-corrected chi connectivity index (χ4v) is 5.85. The van der Waals surface area contributed by atoms with E-state index >= 15 is 0 Å². The molecule has 0 aliphatic carbocycles. The molecule has 108 valence electrons. The largest absolute Gasteiger partial charge is 0.224 e. The van der Waals surface area contributed by atoms with E-state index < -0.39 is 9.84 Å². The smallest absolute Gasteiger partial charge is 0.179 e. The average Bonchev–Trinajstić information content (AvgIpc) is 2.39. The fraction of sp³-hybridized carbons (Fsp3) is 0.600. The fourth-order valence-electron chi connectivity index (χ4n) is 2.20. The van der Waals surface area contributed by atoms with Crippen LogP contribution in [0, 0.1) is 19.3 Å². The lowest BCUT2D eigenvalue weighted by atomic mass is 9.87. The molecule has 0 radical (unpaired) electrons. The SMILES string of the molecule is CCC(CC)(CBr)CS(=O)(=O)c1cc(C)ccc1C. The van der Waals surface area contributed by atoms with Gasteiger partial charge < -0.3 is 0 Å². The minimum absolute atomic E-state index is 0.172. The van der Waals surface area contributed by atoms with Crippen LogP contribution in [0.4, 0.5) is 0 Å². The third-order valence-corrected chi connectivity index (χ3v) is 7.25. The molecule has 0 spiro atoms. The molecule has 0 N–H and O–H groups in total. The molecule has 0 saturated heterocycles. The molecule has 0 heterocycles. The minimum atomic E-state index is -3.24. The summed E-state index contributed by atoms with van der Waals surface area (Å²) in [5.41, 5.74) is 1.65. The van der Waals surface area contributed by atoms with Crippen molar-refractivity contribution in [2.24, 2.45) is 5.41 Å². The van der Waals surface area contributed by atoms with Crippen molar-refractivity contribution in [3.63, 3.8) is 0 Å². The zero-order chi connectivity index (χ0) is 14.7. The zero-order valence-electron chi connectivity index (χ0n) is 12.2. The first-order chi connectivity index (χ1) is 8.80. The van der Waals surface area contributed by atoms with Gasteiger partial charge >= 0.3 is 0 Å². The van der Waals surface area contributed by atoms with Gasteiger partial charge in [0.1, 0.15) is 0 Å². The number of hydrogen-bond donors (Lipinski definition) is 0. The van der Waals surface area contributed by atoms with Crippen LogP contribution in [0.3, 0.4) is 0 Å². The van der Waals surface area contributed by atoms with Crippen LogP contribution in [0.15, 0.2) is 23.1 Å². The van der Waals surface area contributed by atoms with Crippen molar-refractivity contribution in [2.45, 2.75) is 45.4 Å². The van der Waals surface area contributed by atoms with Gasteiger partial charge in [-0.2, -0.15) is 0 Å². The second-order valence-electron chi connectivity index (χ2n) is 5.37. The molecule has 0 bridgehead atoms. The predicted octanol–water partition coefficient (Wildman–Crippen LogP) is 4.28. The summed E-state index contributed by atoms with van der Waals surface area (Å²) in [5.74, 6) is 0.211. The molecule has 0 amide bonds. The van der Waals surface area contributed by atoms with Crippen molar-refractivity contribution >= 4 is 25.8 Å². The first kappa shape index (κ1) is 16.7. The van der Waals surface area contributed by atoms with Crippen molar-refractivity contribution in [3.05, 3.63) is 29.3 Å². The van der Waals surface area contributed by atoms with Crippen LogP contribution in [-0.4, -0.2) is 19.5 Å². The Balaban J connectivity index is 3.21. The number of aryl methyl sites for hydroxylation is 2. The highest BCUT2D eigenvalue weighted by atomic mass is 79.9. The van der Waals surface area contributed by atoms with Crippen molar-refractivity contribution < 1.29 is 8.42 Å². The Morgan fingerprint density at radius 1 is 1.16 bits per heavy atom. The summed E-state index contributed by atoms with van der Waals surface area (Å²) in [6.07, 6.45) is 1.72. The zero-order valence-corrected chi connectivity index (χ0v) is 14.6. The standard InChI is InChI=1S/C15H23BrO2S/c1-5-15(6-2,10-16)11-19(17,18)14-9-12(3)7-8-13(14)4/h7-9H,5-6,10-11H2,1-4H3. The molecule has 4 heteroatoms. The van der Waals surface area contributed by atoms with Crippen LogP contribution in [0.1, 0.15) is 37.8 Å². The summed E-state index contributed by atoms with van der Waals surface area (Å²) < 4.78 is 25.4. The van der Waals surface area contributed by atoms with Gasteiger partial charge in [-0.1, -0.05) is 41.9 Å². The monoisotopic (exact) mass is 346 g/mol. The lowest BCUT2D eigenvalue weighted by Gasteiger charge is -2.29. The first-order valence-electron chi connectivity index (χ1n) is 6.66. The van der Waals surface area contributed by atoms with E-state index in [4.69, 9.17) is 0 Å². The second-order valence-corrected chi connectivity index (χ2v) is 7.89. The van der Waals surface area contributed by atoms with Crippen LogP contribution >= 0.6 is 15.9 Å². The minimum Gasteiger partial charge on any atom is -0.224 e. The molecule has 0 fully saturated rings. The molecule has 0 aromatic heterocycles. The van der Waals surface area contributed by atoms with E-state index in [0.29, 0.717) is 4.90 Å². The Hall–Kier alpha value is -0.350. The van der Waals surface area contributed by atoms with Gasteiger partial charge in [0.05, 0.1) is 10.6 Å². The van der Waals surface area contributed by atoms with Gasteiger partial charge in [0.15, 0.2) is 9.84 Å². The first-order valence-corrected chi connectivity index (χ1v) is 9.43. The molecule has 0 aliphatic rings. The molecule has 1 aromatic rings. The van der Waals surface area contributed by atoms with E-state index in [0.717, 1.165) is 29.3 Å². The number of halogens is 1. The van der Waals surface area contributed by atoms with Crippen LogP contribution in [0.2, 0.25) is 0 Å². The van der Waals surface area contributed by atoms with E-state index in [1.54, 1.807) is 6.07 Å². The number of alkyl halides is 1. The van der Waals surface area contributed by atoms with E-state index in [2.05, 4.69) is 29.8 Å². The third-order valence-electron chi connectivity index (χ3n) is 3.96. The lowest BCUT2D eigenvalue weighted by molar-refractivity contribution is 0.351. The molecule has 2 nitrogen and oxygen atoms in total. The maximum Gasteiger partial charge on any atom is 0.179 e. The lowest BCUT2D eigenvalue weighted by Crippen LogP contribution is -2.31. The third kappa shape index (κ3) is 3.82. The van der Waals surface area contributed by atoms with Gasteiger partial charge in [-0.25, -0.2) is 8.42 Å². The molecular formula is C15H23BrO2S. The topological polar surface area (TPSA) is 34.1 Å². The van der Waals surface area contributed by atoms with Gasteiger partial charge in [0, 0.05) is 5.33 Å². The highest BCUT2D eigenvalue weighted by molar-refractivity contribution is 9.09. The highest BCUT2D eigenvalue weighted by Gasteiger charge is 2.32. The van der Waals surface area contributed by atoms with Crippen LogP contribution in [0.25, 0.3) is 0 Å². The quantitative estimate of drug-likeness (QED) is 0.720. The molecule has 0 atom stereocenters. The number of sulfone groups is 1. The molecule has 19 heavy (non-hydrogen) atoms. The van der Waals surface area contributed by atoms with Crippen molar-refractivity contribution in [2.75, 3.05) is 11.1 Å². The van der Waals surface area contributed by atoms with Crippen LogP contribution in [0.5, 0.6) is 0 Å². The van der Waals surface area contributed by atoms with Gasteiger partial charge in [-0.05, 0) is 49.3 Å². The Morgan fingerprint density at radius 2 is 1.74 bits per heavy atom. The molecule has 1 rings (SSSR count). The summed E-state index contributed by atoms with van der Waals surface area (Å²) in [6, 6.07) is 5.62. The summed E-state index contributed by atoms with van der Waals surface area (Å²) in [5, 5.41) is 0.719. The summed E-state index contributed by atoms with van der Waals surface area (Å²) in [7, 11) is -3.24.